The molecule has 0 saturated carbocycles. The Kier molecular flexibility index (Phi) is 42.3. The van der Waals surface area contributed by atoms with Crippen molar-refractivity contribution in [3.05, 3.63) is 24.3 Å². The lowest BCUT2D eigenvalue weighted by molar-refractivity contribution is -0.123. The van der Waals surface area contributed by atoms with Crippen LogP contribution in [0.3, 0.4) is 0 Å². The van der Waals surface area contributed by atoms with Crippen LogP contribution in [0.4, 0.5) is 0 Å². The van der Waals surface area contributed by atoms with Crippen molar-refractivity contribution < 1.29 is 15.0 Å². The van der Waals surface area contributed by atoms with E-state index in [0.717, 1.165) is 32.1 Å². The molecule has 0 aliphatic rings. The lowest BCUT2D eigenvalue weighted by Crippen LogP contribution is -2.45. The molecule has 0 radical (unpaired) electrons. The fourth-order valence-corrected chi connectivity index (χ4v) is 7.14. The minimum Gasteiger partial charge on any atom is -0.394 e. The summed E-state index contributed by atoms with van der Waals surface area (Å²) in [4.78, 5) is 12.4. The number of hydrogen-bond donors (Lipinski definition) is 3. The minimum absolute atomic E-state index is 0.0695. The molecule has 0 spiro atoms. The predicted molar refractivity (Wildman–Crippen MR) is 225 cm³/mol. The molecule has 2 unspecified atom stereocenters. The number of carbonyl (C=O) groups excluding carboxylic acids is 1. The molecule has 3 N–H and O–H groups in total. The fraction of sp³-hybridized carbons (Fsp3) is 0.894. The molecule has 0 aromatic carbocycles. The summed E-state index contributed by atoms with van der Waals surface area (Å²) >= 11 is 0. The van der Waals surface area contributed by atoms with Gasteiger partial charge in [-0.3, -0.25) is 4.79 Å². The molecule has 4 heteroatoms. The summed E-state index contributed by atoms with van der Waals surface area (Å²) in [5, 5.41) is 23.0. The number of unbranched alkanes of at least 4 members (excludes halogenated alkanes) is 33. The summed E-state index contributed by atoms with van der Waals surface area (Å²) in [5.41, 5.74) is 0. The number of carbonyl (C=O) groups is 1. The zero-order valence-electron chi connectivity index (χ0n) is 34.6. The Labute approximate surface area is 319 Å². The van der Waals surface area contributed by atoms with E-state index >= 15 is 0 Å². The topological polar surface area (TPSA) is 69.6 Å². The maximum atomic E-state index is 12.4. The van der Waals surface area contributed by atoms with E-state index in [2.05, 4.69) is 31.3 Å². The molecule has 0 aromatic rings. The van der Waals surface area contributed by atoms with Gasteiger partial charge in [-0.25, -0.2) is 0 Å². The van der Waals surface area contributed by atoms with Crippen LogP contribution in [0.1, 0.15) is 251 Å². The lowest BCUT2D eigenvalue weighted by atomic mass is 10.0. The van der Waals surface area contributed by atoms with Crippen LogP contribution in [0.2, 0.25) is 0 Å². The number of allylic oxidation sites excluding steroid dienone is 3. The van der Waals surface area contributed by atoms with Crippen molar-refractivity contribution in [3.63, 3.8) is 0 Å². The fourth-order valence-electron chi connectivity index (χ4n) is 7.14. The second kappa shape index (κ2) is 43.3. The quantitative estimate of drug-likeness (QED) is 0.0435. The van der Waals surface area contributed by atoms with E-state index in [1.165, 1.54) is 199 Å². The summed E-state index contributed by atoms with van der Waals surface area (Å²) in [6.07, 6.45) is 55.8. The average molecular weight is 718 g/mol. The van der Waals surface area contributed by atoms with Crippen molar-refractivity contribution in [1.29, 1.82) is 0 Å². The van der Waals surface area contributed by atoms with Gasteiger partial charge in [0.05, 0.1) is 18.8 Å². The minimum atomic E-state index is -0.857. The van der Waals surface area contributed by atoms with Gasteiger partial charge in [0.1, 0.15) is 0 Å². The number of rotatable bonds is 42. The zero-order chi connectivity index (χ0) is 37.1. The summed E-state index contributed by atoms with van der Waals surface area (Å²) in [6, 6.07) is -0.634. The molecule has 302 valence electrons. The van der Waals surface area contributed by atoms with Crippen LogP contribution in [0.15, 0.2) is 24.3 Å². The highest BCUT2D eigenvalue weighted by Crippen LogP contribution is 2.16. The standard InChI is InChI=1S/C47H91NO3/c1-3-5-7-9-11-13-15-17-19-21-22-23-24-25-26-27-29-31-33-35-37-39-41-43-47(51)48-45(44-49)46(50)42-40-38-36-34-32-30-28-20-18-16-14-12-10-8-6-4-2/h32,34,40,42,45-46,49-50H,3-31,33,35-39,41,43-44H2,1-2H3,(H,48,51)/b34-32+,42-40+. The number of aliphatic hydroxyl groups excluding tert-OH is 2. The van der Waals surface area contributed by atoms with Gasteiger partial charge in [0.2, 0.25) is 5.91 Å². The van der Waals surface area contributed by atoms with E-state index in [1.807, 2.05) is 6.08 Å². The smallest absolute Gasteiger partial charge is 0.220 e. The van der Waals surface area contributed by atoms with Crippen LogP contribution < -0.4 is 5.32 Å². The Bertz CT molecular complexity index is 735. The predicted octanol–water partition coefficient (Wildman–Crippen LogP) is 14.4. The van der Waals surface area contributed by atoms with Crippen molar-refractivity contribution in [2.24, 2.45) is 0 Å². The average Bonchev–Trinajstić information content (AvgIpc) is 3.13. The van der Waals surface area contributed by atoms with Crippen LogP contribution in [0.25, 0.3) is 0 Å². The Balaban J connectivity index is 3.53. The summed E-state index contributed by atoms with van der Waals surface area (Å²) in [7, 11) is 0. The monoisotopic (exact) mass is 718 g/mol. The molecule has 1 amide bonds. The van der Waals surface area contributed by atoms with E-state index < -0.39 is 12.1 Å². The number of nitrogens with one attached hydrogen (secondary N) is 1. The maximum absolute atomic E-state index is 12.4. The molecule has 0 aliphatic carbocycles. The third-order valence-corrected chi connectivity index (χ3v) is 10.7. The first-order valence-electron chi connectivity index (χ1n) is 23.1. The Morgan fingerprint density at radius 1 is 0.451 bits per heavy atom. The van der Waals surface area contributed by atoms with Crippen molar-refractivity contribution in [1.82, 2.24) is 5.32 Å². The molecule has 0 saturated heterocycles. The summed E-state index contributed by atoms with van der Waals surface area (Å²) < 4.78 is 0. The first-order chi connectivity index (χ1) is 25.2. The molecule has 0 rings (SSSR count). The molecular weight excluding hydrogens is 627 g/mol. The van der Waals surface area contributed by atoms with Crippen LogP contribution in [0, 0.1) is 0 Å². The molecule has 0 heterocycles. The van der Waals surface area contributed by atoms with E-state index in [-0.39, 0.29) is 12.5 Å². The van der Waals surface area contributed by atoms with Gasteiger partial charge in [0, 0.05) is 6.42 Å². The molecular formula is C47H91NO3. The maximum Gasteiger partial charge on any atom is 0.220 e. The highest BCUT2D eigenvalue weighted by Gasteiger charge is 2.17. The van der Waals surface area contributed by atoms with E-state index in [4.69, 9.17) is 0 Å². The number of aliphatic hydroxyl groups is 2. The summed E-state index contributed by atoms with van der Waals surface area (Å²) in [5.74, 6) is -0.0695. The Morgan fingerprint density at radius 3 is 1.14 bits per heavy atom. The normalized spacial score (nSPS) is 13.1. The van der Waals surface area contributed by atoms with Crippen LogP contribution in [0.5, 0.6) is 0 Å². The Hall–Kier alpha value is -1.13. The van der Waals surface area contributed by atoms with Crippen LogP contribution in [-0.2, 0) is 4.79 Å². The van der Waals surface area contributed by atoms with E-state index in [1.54, 1.807) is 6.08 Å². The van der Waals surface area contributed by atoms with Gasteiger partial charge in [-0.15, -0.1) is 0 Å². The molecule has 4 nitrogen and oxygen atoms in total. The van der Waals surface area contributed by atoms with Crippen LogP contribution in [-0.4, -0.2) is 34.9 Å². The first kappa shape index (κ1) is 49.9. The van der Waals surface area contributed by atoms with Gasteiger partial charge in [0.25, 0.3) is 0 Å². The van der Waals surface area contributed by atoms with Gasteiger partial charge >= 0.3 is 0 Å². The summed E-state index contributed by atoms with van der Waals surface area (Å²) in [6.45, 7) is 4.31. The molecule has 0 bridgehead atoms. The van der Waals surface area contributed by atoms with Gasteiger partial charge in [-0.1, -0.05) is 237 Å². The van der Waals surface area contributed by atoms with Crippen molar-refractivity contribution in [2.45, 2.75) is 264 Å². The molecule has 0 fully saturated rings. The lowest BCUT2D eigenvalue weighted by Gasteiger charge is -2.19. The second-order valence-corrected chi connectivity index (χ2v) is 15.8. The van der Waals surface area contributed by atoms with E-state index in [9.17, 15) is 15.0 Å². The van der Waals surface area contributed by atoms with Crippen molar-refractivity contribution in [3.8, 4) is 0 Å². The number of amides is 1. The van der Waals surface area contributed by atoms with Gasteiger partial charge in [-0.05, 0) is 32.1 Å². The molecule has 2 atom stereocenters. The third kappa shape index (κ3) is 39.9. The van der Waals surface area contributed by atoms with Gasteiger partial charge in [-0.2, -0.15) is 0 Å². The van der Waals surface area contributed by atoms with Gasteiger partial charge in [0.15, 0.2) is 0 Å². The van der Waals surface area contributed by atoms with Gasteiger partial charge < -0.3 is 15.5 Å². The second-order valence-electron chi connectivity index (χ2n) is 15.8. The van der Waals surface area contributed by atoms with Crippen molar-refractivity contribution in [2.75, 3.05) is 6.61 Å². The Morgan fingerprint density at radius 2 is 0.765 bits per heavy atom. The van der Waals surface area contributed by atoms with Crippen molar-refractivity contribution >= 4 is 5.91 Å². The molecule has 0 aromatic heterocycles. The highest BCUT2D eigenvalue weighted by molar-refractivity contribution is 5.76. The molecule has 0 aliphatic heterocycles. The zero-order valence-corrected chi connectivity index (χ0v) is 34.6. The van der Waals surface area contributed by atoms with E-state index in [0.29, 0.717) is 6.42 Å². The SMILES string of the molecule is CCCCCCCCCCCC/C=C/CC/C=C/C(O)C(CO)NC(=O)CCCCCCCCCCCCCCCCCCCCCCCCC. The first-order valence-corrected chi connectivity index (χ1v) is 23.1. The number of hydrogen-bond acceptors (Lipinski definition) is 3. The molecule has 51 heavy (non-hydrogen) atoms. The largest absolute Gasteiger partial charge is 0.394 e. The highest BCUT2D eigenvalue weighted by atomic mass is 16.3. The van der Waals surface area contributed by atoms with Crippen LogP contribution >= 0.6 is 0 Å². The third-order valence-electron chi connectivity index (χ3n) is 10.7.